The Morgan fingerprint density at radius 3 is 2.54 bits per heavy atom. The highest BCUT2D eigenvalue weighted by Crippen LogP contribution is 2.36. The molecule has 0 amide bonds. The fraction of sp³-hybridized carbons (Fsp3) is 0.421. The van der Waals surface area contributed by atoms with Crippen LogP contribution in [-0.2, 0) is 5.54 Å². The van der Waals surface area contributed by atoms with Crippen molar-refractivity contribution in [2.24, 2.45) is 5.73 Å². The molecule has 6 nitrogen and oxygen atoms in total. The minimum absolute atomic E-state index is 0.159. The summed E-state index contributed by atoms with van der Waals surface area (Å²) in [5.74, 6) is 0.868. The van der Waals surface area contributed by atoms with Gasteiger partial charge in [0.25, 0.3) is 5.89 Å². The predicted molar refractivity (Wildman–Crippen MR) is 95.2 cm³/mol. The van der Waals surface area contributed by atoms with E-state index in [1.807, 2.05) is 0 Å². The zero-order valence-electron chi connectivity index (χ0n) is 14.9. The van der Waals surface area contributed by atoms with Crippen molar-refractivity contribution in [1.29, 1.82) is 0 Å². The van der Waals surface area contributed by atoms with Crippen molar-refractivity contribution in [3.05, 3.63) is 47.8 Å². The Kier molecular flexibility index (Phi) is 4.11. The zero-order valence-corrected chi connectivity index (χ0v) is 14.9. The molecule has 1 aliphatic carbocycles. The molecule has 0 bridgehead atoms. The number of rotatable bonds is 4. The molecule has 26 heavy (non-hydrogen) atoms. The molecular formula is C19H22FN5O. The molecular weight excluding hydrogens is 333 g/mol. The smallest absolute Gasteiger partial charge is 0.261 e. The van der Waals surface area contributed by atoms with Gasteiger partial charge < -0.3 is 10.3 Å². The molecule has 1 aromatic carbocycles. The Bertz CT molecular complexity index is 906. The van der Waals surface area contributed by atoms with Gasteiger partial charge in [0.15, 0.2) is 5.82 Å². The molecule has 2 aromatic heterocycles. The summed E-state index contributed by atoms with van der Waals surface area (Å²) in [4.78, 5) is 4.58. The lowest BCUT2D eigenvalue weighted by molar-refractivity contribution is 0.372. The maximum Gasteiger partial charge on any atom is 0.261 e. The summed E-state index contributed by atoms with van der Waals surface area (Å²) < 4.78 is 20.6. The molecule has 0 unspecified atom stereocenters. The molecule has 7 heteroatoms. The lowest BCUT2D eigenvalue weighted by atomic mass is 9.98. The Balaban J connectivity index is 1.76. The van der Waals surface area contributed by atoms with Gasteiger partial charge in [0.05, 0.1) is 28.7 Å². The van der Waals surface area contributed by atoms with Crippen LogP contribution in [0.1, 0.15) is 57.0 Å². The highest BCUT2D eigenvalue weighted by Gasteiger charge is 2.36. The van der Waals surface area contributed by atoms with E-state index in [4.69, 9.17) is 10.3 Å². The second-order valence-electron chi connectivity index (χ2n) is 7.27. The van der Waals surface area contributed by atoms with Gasteiger partial charge in [-0.1, -0.05) is 31.8 Å². The van der Waals surface area contributed by atoms with E-state index >= 15 is 0 Å². The highest BCUT2D eigenvalue weighted by atomic mass is 19.1. The Morgan fingerprint density at radius 2 is 1.88 bits per heavy atom. The van der Waals surface area contributed by atoms with Crippen molar-refractivity contribution in [3.8, 4) is 17.1 Å². The zero-order chi connectivity index (χ0) is 18.3. The van der Waals surface area contributed by atoms with Crippen molar-refractivity contribution in [1.82, 2.24) is 19.9 Å². The third kappa shape index (κ3) is 2.82. The molecule has 3 aromatic rings. The maximum absolute atomic E-state index is 13.2. The summed E-state index contributed by atoms with van der Waals surface area (Å²) in [6, 6.07) is 6.24. The van der Waals surface area contributed by atoms with Crippen molar-refractivity contribution in [2.45, 2.75) is 51.0 Å². The van der Waals surface area contributed by atoms with Crippen molar-refractivity contribution >= 4 is 0 Å². The second kappa shape index (κ2) is 6.32. The predicted octanol–water partition coefficient (Wildman–Crippen LogP) is 3.91. The summed E-state index contributed by atoms with van der Waals surface area (Å²) in [5.41, 5.74) is 8.45. The van der Waals surface area contributed by atoms with E-state index in [0.29, 0.717) is 11.7 Å². The van der Waals surface area contributed by atoms with Crippen LogP contribution >= 0.6 is 0 Å². The second-order valence-corrected chi connectivity index (χ2v) is 7.27. The van der Waals surface area contributed by atoms with Crippen LogP contribution in [0.15, 0.2) is 35.0 Å². The highest BCUT2D eigenvalue weighted by molar-refractivity contribution is 5.58. The molecule has 2 heterocycles. The van der Waals surface area contributed by atoms with Crippen molar-refractivity contribution in [3.63, 3.8) is 0 Å². The first kappa shape index (κ1) is 16.9. The summed E-state index contributed by atoms with van der Waals surface area (Å²) in [7, 11) is 0. The first-order valence-corrected chi connectivity index (χ1v) is 8.95. The molecule has 0 spiro atoms. The molecule has 1 saturated carbocycles. The average Bonchev–Trinajstić information content (AvgIpc) is 3.34. The number of halogens is 1. The normalized spacial score (nSPS) is 16.5. The van der Waals surface area contributed by atoms with Crippen LogP contribution in [-0.4, -0.2) is 19.9 Å². The number of nitrogens with two attached hydrogens (primary N) is 1. The average molecular weight is 355 g/mol. The maximum atomic E-state index is 13.2. The van der Waals surface area contributed by atoms with Gasteiger partial charge in [-0.2, -0.15) is 10.1 Å². The molecule has 4 rings (SSSR count). The topological polar surface area (TPSA) is 82.8 Å². The number of nitrogens with zero attached hydrogens (tertiary/aromatic N) is 4. The molecule has 136 valence electrons. The third-order valence-electron chi connectivity index (χ3n) is 5.02. The standard InChI is InChI=1S/C19H22FN5O/c1-12(2)16-15(11-22-25(16)14-7-5-13(20)6-8-14)17-23-18(24-26-17)19(21)9-3-4-10-19/h5-8,11-12H,3-4,9-10,21H2,1-2H3. The van der Waals surface area contributed by atoms with Gasteiger partial charge in [0.1, 0.15) is 5.82 Å². The van der Waals surface area contributed by atoms with Gasteiger partial charge >= 0.3 is 0 Å². The first-order chi connectivity index (χ1) is 12.5. The van der Waals surface area contributed by atoms with Crippen LogP contribution in [0.5, 0.6) is 0 Å². The summed E-state index contributed by atoms with van der Waals surface area (Å²) >= 11 is 0. The number of hydrogen-bond donors (Lipinski definition) is 1. The van der Waals surface area contributed by atoms with Crippen molar-refractivity contribution < 1.29 is 8.91 Å². The molecule has 1 aliphatic rings. The van der Waals surface area contributed by atoms with Crippen LogP contribution in [0, 0.1) is 5.82 Å². The lowest BCUT2D eigenvalue weighted by Gasteiger charge is -2.17. The quantitative estimate of drug-likeness (QED) is 0.767. The van der Waals surface area contributed by atoms with E-state index in [1.165, 1.54) is 12.1 Å². The largest absolute Gasteiger partial charge is 0.334 e. The molecule has 0 aliphatic heterocycles. The molecule has 0 radical (unpaired) electrons. The van der Waals surface area contributed by atoms with Crippen LogP contribution in [0.25, 0.3) is 17.1 Å². The van der Waals surface area contributed by atoms with Gasteiger partial charge in [-0.15, -0.1) is 0 Å². The van der Waals surface area contributed by atoms with E-state index < -0.39 is 5.54 Å². The molecule has 0 atom stereocenters. The Morgan fingerprint density at radius 1 is 1.19 bits per heavy atom. The van der Waals surface area contributed by atoms with Crippen LogP contribution in [0.2, 0.25) is 0 Å². The number of benzene rings is 1. The van der Waals surface area contributed by atoms with Gasteiger partial charge in [-0.05, 0) is 43.0 Å². The fourth-order valence-corrected chi connectivity index (χ4v) is 3.63. The Hall–Kier alpha value is -2.54. The fourth-order valence-electron chi connectivity index (χ4n) is 3.63. The van der Waals surface area contributed by atoms with E-state index in [0.717, 1.165) is 42.6 Å². The van der Waals surface area contributed by atoms with E-state index in [2.05, 4.69) is 29.1 Å². The molecule has 1 fully saturated rings. The van der Waals surface area contributed by atoms with Crippen LogP contribution in [0.3, 0.4) is 0 Å². The van der Waals surface area contributed by atoms with Crippen molar-refractivity contribution in [2.75, 3.05) is 0 Å². The van der Waals surface area contributed by atoms with Gasteiger partial charge in [-0.25, -0.2) is 9.07 Å². The van der Waals surface area contributed by atoms with Gasteiger partial charge in [-0.3, -0.25) is 0 Å². The van der Waals surface area contributed by atoms with Gasteiger partial charge in [0, 0.05) is 0 Å². The molecule has 0 saturated heterocycles. The van der Waals surface area contributed by atoms with E-state index in [9.17, 15) is 4.39 Å². The SMILES string of the molecule is CC(C)c1c(-c2nc(C3(N)CCCC3)no2)cnn1-c1ccc(F)cc1. The van der Waals surface area contributed by atoms with Crippen LogP contribution in [0.4, 0.5) is 4.39 Å². The van der Waals surface area contributed by atoms with Gasteiger partial charge in [0.2, 0.25) is 0 Å². The third-order valence-corrected chi connectivity index (χ3v) is 5.02. The van der Waals surface area contributed by atoms with E-state index in [-0.39, 0.29) is 11.7 Å². The van der Waals surface area contributed by atoms with E-state index in [1.54, 1.807) is 23.0 Å². The minimum atomic E-state index is -0.493. The summed E-state index contributed by atoms with van der Waals surface area (Å²) in [6.07, 6.45) is 5.63. The summed E-state index contributed by atoms with van der Waals surface area (Å²) in [5, 5.41) is 8.62. The first-order valence-electron chi connectivity index (χ1n) is 8.95. The van der Waals surface area contributed by atoms with Crippen LogP contribution < -0.4 is 5.73 Å². The lowest BCUT2D eigenvalue weighted by Crippen LogP contribution is -2.34. The Labute approximate surface area is 151 Å². The minimum Gasteiger partial charge on any atom is -0.334 e. The number of aromatic nitrogens is 4. The molecule has 2 N–H and O–H groups in total. The monoisotopic (exact) mass is 355 g/mol. The number of hydrogen-bond acceptors (Lipinski definition) is 5. The summed E-state index contributed by atoms with van der Waals surface area (Å²) in [6.45, 7) is 4.14.